The molecule has 3 aromatic heterocycles. The van der Waals surface area contributed by atoms with Gasteiger partial charge in [0.25, 0.3) is 0 Å². The molecule has 0 amide bonds. The molecule has 6 heterocycles. The summed E-state index contributed by atoms with van der Waals surface area (Å²) in [6.45, 7) is 12.7. The third kappa shape index (κ3) is 5.87. The van der Waals surface area contributed by atoms with Crippen molar-refractivity contribution in [2.45, 2.75) is 86.4 Å². The molecular weight excluding hydrogens is 584 g/mol. The van der Waals surface area contributed by atoms with E-state index in [4.69, 9.17) is 29.7 Å². The fourth-order valence-corrected chi connectivity index (χ4v) is 6.22. The maximum Gasteiger partial charge on any atom is 2.00 e. The van der Waals surface area contributed by atoms with Crippen molar-refractivity contribution in [3.05, 3.63) is 69.3 Å². The Kier molecular flexibility index (Phi) is 8.82. The Morgan fingerprint density at radius 1 is 0.744 bits per heavy atom. The zero-order chi connectivity index (χ0) is 29.7. The van der Waals surface area contributed by atoms with Gasteiger partial charge in [0.15, 0.2) is 0 Å². The molecule has 3 aliphatic heterocycles. The second-order valence-corrected chi connectivity index (χ2v) is 11.3. The average molecular weight is 621 g/mol. The number of carbonyl (C=O) groups is 1. The second-order valence-electron chi connectivity index (χ2n) is 11.3. The molecule has 0 aliphatic carbocycles. The first-order valence-electron chi connectivity index (χ1n) is 14.8. The third-order valence-electron chi connectivity index (χ3n) is 8.80. The number of carboxylic acids is 1. The summed E-state index contributed by atoms with van der Waals surface area (Å²) in [5.74, 6) is -0.834. The van der Waals surface area contributed by atoms with Gasteiger partial charge in [-0.1, -0.05) is 54.3 Å². The molecule has 8 nitrogen and oxygen atoms in total. The van der Waals surface area contributed by atoms with E-state index in [1.54, 1.807) is 0 Å². The van der Waals surface area contributed by atoms with Crippen LogP contribution in [0, 0.1) is 13.8 Å². The van der Waals surface area contributed by atoms with E-state index in [-0.39, 0.29) is 29.8 Å². The van der Waals surface area contributed by atoms with Gasteiger partial charge in [-0.3, -0.25) is 4.79 Å². The molecule has 224 valence electrons. The Balaban J connectivity index is 0.00000368. The Bertz CT molecular complexity index is 1840. The SMILES string of the molecule is CCC1=C(C)c2cc3[n-]c(cc4[n-]c(cc5nc(cc1n2)C(C)=C5CC)c(C)c4CCC1OO1)c(CCC(=O)O)c3C.[Fe+2]. The summed E-state index contributed by atoms with van der Waals surface area (Å²) in [6.07, 6.45) is 3.40. The fraction of sp³-hybridized carbons (Fsp3) is 0.382. The summed E-state index contributed by atoms with van der Waals surface area (Å²) in [5.41, 5.74) is 15.7. The molecule has 0 unspecified atom stereocenters. The van der Waals surface area contributed by atoms with Crippen molar-refractivity contribution < 1.29 is 36.7 Å². The zero-order valence-electron chi connectivity index (χ0n) is 25.4. The number of hydrogen-bond donors (Lipinski definition) is 1. The van der Waals surface area contributed by atoms with Crippen LogP contribution in [0.5, 0.6) is 0 Å². The molecule has 1 N–H and O–H groups in total. The minimum atomic E-state index is -0.834. The number of allylic oxidation sites excluding steroid dienone is 4. The Labute approximate surface area is 262 Å². The van der Waals surface area contributed by atoms with E-state index < -0.39 is 5.97 Å². The Morgan fingerprint density at radius 3 is 1.74 bits per heavy atom. The van der Waals surface area contributed by atoms with Crippen LogP contribution in [0.2, 0.25) is 0 Å². The predicted molar refractivity (Wildman–Crippen MR) is 164 cm³/mol. The summed E-state index contributed by atoms with van der Waals surface area (Å²) in [4.78, 5) is 41.9. The molecule has 0 saturated carbocycles. The number of aliphatic carboxylic acids is 1. The minimum Gasteiger partial charge on any atom is -0.657 e. The van der Waals surface area contributed by atoms with Gasteiger partial charge in [0.05, 0.1) is 22.8 Å². The topological polar surface area (TPSA) is 116 Å². The van der Waals surface area contributed by atoms with Crippen molar-refractivity contribution in [3.63, 3.8) is 0 Å². The van der Waals surface area contributed by atoms with E-state index in [9.17, 15) is 9.90 Å². The standard InChI is InChI=1S/C34H37N4O4.Fe/c1-7-21-17(3)25-13-26-19(5)23(9-11-33(39)40)31(37-26)16-32-24(10-12-34-41-42-34)20(6)28(38-32)15-30-22(8-2)18(4)27(36-30)14-29(21)35-25;/h13-16,34H,7-12H2,1-6H3,(H2-,35,36,37,38,39,40);/q-1;+2/p-1. The van der Waals surface area contributed by atoms with Gasteiger partial charge in [-0.15, -0.1) is 22.1 Å². The Morgan fingerprint density at radius 2 is 1.23 bits per heavy atom. The average Bonchev–Trinajstić information content (AvgIpc) is 3.49. The van der Waals surface area contributed by atoms with Crippen LogP contribution in [0.25, 0.3) is 44.4 Å². The molecule has 0 aromatic carbocycles. The van der Waals surface area contributed by atoms with Crippen LogP contribution in [-0.2, 0) is 44.5 Å². The molecule has 8 bridgehead atoms. The molecule has 3 aliphatic rings. The maximum absolute atomic E-state index is 11.6. The van der Waals surface area contributed by atoms with Gasteiger partial charge >= 0.3 is 23.0 Å². The molecule has 1 fully saturated rings. The number of rotatable bonds is 8. The number of aromatic nitrogens is 4. The predicted octanol–water partition coefficient (Wildman–Crippen LogP) is 7.11. The summed E-state index contributed by atoms with van der Waals surface area (Å²) in [6, 6.07) is 8.26. The zero-order valence-corrected chi connectivity index (χ0v) is 26.5. The molecule has 3 aromatic rings. The van der Waals surface area contributed by atoms with Gasteiger partial charge in [-0.25, -0.2) is 9.97 Å². The van der Waals surface area contributed by atoms with Crippen LogP contribution in [0.4, 0.5) is 0 Å². The number of hydrogen-bond acceptors (Lipinski definition) is 5. The second kappa shape index (κ2) is 12.2. The van der Waals surface area contributed by atoms with Crippen molar-refractivity contribution in [3.8, 4) is 0 Å². The molecule has 9 heteroatoms. The largest absolute Gasteiger partial charge is 2.00 e. The van der Waals surface area contributed by atoms with Crippen molar-refractivity contribution in [1.29, 1.82) is 0 Å². The number of nitrogens with zero attached hydrogens (tertiary/aromatic N) is 4. The first kappa shape index (κ1) is 31.0. The maximum atomic E-state index is 11.6. The van der Waals surface area contributed by atoms with Gasteiger partial charge in [0.1, 0.15) is 0 Å². The van der Waals surface area contributed by atoms with Gasteiger partial charge in [0.2, 0.25) is 6.29 Å². The molecule has 6 rings (SSSR count). The quantitative estimate of drug-likeness (QED) is 0.161. The molecule has 0 atom stereocenters. The van der Waals surface area contributed by atoms with Crippen LogP contribution in [0.3, 0.4) is 0 Å². The molecule has 43 heavy (non-hydrogen) atoms. The van der Waals surface area contributed by atoms with Gasteiger partial charge in [0, 0.05) is 12.8 Å². The smallest absolute Gasteiger partial charge is 0.657 e. The molecule has 1 saturated heterocycles. The van der Waals surface area contributed by atoms with Crippen molar-refractivity contribution in [2.75, 3.05) is 0 Å². The monoisotopic (exact) mass is 620 g/mol. The number of carboxylic acid groups (broad SMARTS) is 1. The van der Waals surface area contributed by atoms with E-state index in [0.717, 1.165) is 98.4 Å². The third-order valence-corrected chi connectivity index (χ3v) is 8.80. The van der Waals surface area contributed by atoms with Gasteiger partial charge in [-0.05, 0) is 81.7 Å². The van der Waals surface area contributed by atoms with E-state index in [1.807, 2.05) is 19.1 Å². The van der Waals surface area contributed by atoms with Gasteiger partial charge in [-0.2, -0.15) is 9.78 Å². The van der Waals surface area contributed by atoms with Crippen molar-refractivity contribution >= 4 is 50.3 Å². The van der Waals surface area contributed by atoms with Crippen LogP contribution >= 0.6 is 0 Å². The number of aryl methyl sites for hydroxylation is 4. The summed E-state index contributed by atoms with van der Waals surface area (Å²) < 4.78 is 0. The van der Waals surface area contributed by atoms with E-state index in [2.05, 4.69) is 46.8 Å². The molecule has 0 spiro atoms. The van der Waals surface area contributed by atoms with Gasteiger partial charge < -0.3 is 15.1 Å². The normalized spacial score (nSPS) is 14.8. The van der Waals surface area contributed by atoms with Crippen LogP contribution in [0.1, 0.15) is 98.4 Å². The fourth-order valence-electron chi connectivity index (χ4n) is 6.22. The van der Waals surface area contributed by atoms with Crippen molar-refractivity contribution in [2.24, 2.45) is 0 Å². The van der Waals surface area contributed by atoms with E-state index >= 15 is 0 Å². The summed E-state index contributed by atoms with van der Waals surface area (Å²) in [5, 5.41) is 9.49. The van der Waals surface area contributed by atoms with Crippen LogP contribution in [0.15, 0.2) is 24.3 Å². The number of fused-ring (bicyclic) bond motifs is 8. The summed E-state index contributed by atoms with van der Waals surface area (Å²) >= 11 is 0. The van der Waals surface area contributed by atoms with E-state index in [0.29, 0.717) is 6.42 Å². The van der Waals surface area contributed by atoms with E-state index in [1.165, 1.54) is 16.7 Å². The Hall–Kier alpha value is -3.49. The first-order valence-corrected chi connectivity index (χ1v) is 14.8. The first-order chi connectivity index (χ1) is 20.2. The van der Waals surface area contributed by atoms with Crippen molar-refractivity contribution in [1.82, 2.24) is 19.9 Å². The summed E-state index contributed by atoms with van der Waals surface area (Å²) in [7, 11) is 0. The molecular formula is C34H36FeN4O4. The van der Waals surface area contributed by atoms with Crippen LogP contribution in [-0.4, -0.2) is 27.3 Å². The molecule has 0 radical (unpaired) electrons. The minimum absolute atomic E-state index is 0. The van der Waals surface area contributed by atoms with Crippen LogP contribution < -0.4 is 9.97 Å².